The molecular formula is C15H15ClN4O4. The molecule has 1 saturated heterocycles. The highest BCUT2D eigenvalue weighted by molar-refractivity contribution is 6.29. The van der Waals surface area contributed by atoms with Crippen molar-refractivity contribution >= 4 is 28.8 Å². The smallest absolute Gasteiger partial charge is 0.296 e. The lowest BCUT2D eigenvalue weighted by atomic mass is 9.90. The van der Waals surface area contributed by atoms with Crippen LogP contribution in [0, 0.1) is 15.5 Å². The topological polar surface area (TPSA) is 99.4 Å². The minimum atomic E-state index is -0.485. The van der Waals surface area contributed by atoms with Crippen LogP contribution in [-0.4, -0.2) is 34.7 Å². The van der Waals surface area contributed by atoms with E-state index in [0.29, 0.717) is 31.4 Å². The van der Waals surface area contributed by atoms with Gasteiger partial charge in [0, 0.05) is 5.41 Å². The second kappa shape index (κ2) is 6.58. The van der Waals surface area contributed by atoms with E-state index in [1.807, 2.05) is 6.92 Å². The van der Waals surface area contributed by atoms with Crippen LogP contribution in [0.1, 0.15) is 6.92 Å². The molecule has 3 rings (SSSR count). The molecular weight excluding hydrogens is 336 g/mol. The third kappa shape index (κ3) is 3.72. The van der Waals surface area contributed by atoms with Crippen molar-refractivity contribution in [1.82, 2.24) is 9.97 Å². The molecule has 0 atom stereocenters. The minimum Gasteiger partial charge on any atom is -0.493 e. The Morgan fingerprint density at radius 2 is 2.25 bits per heavy atom. The van der Waals surface area contributed by atoms with Crippen molar-refractivity contribution in [2.45, 2.75) is 6.92 Å². The van der Waals surface area contributed by atoms with Gasteiger partial charge in [-0.2, -0.15) is 0 Å². The average Bonchev–Trinajstić information content (AvgIpc) is 2.52. The SMILES string of the molecule is CC1(COc2ccc(Nc3cncc(Cl)n3)c([N+](=O)[O-])c2)COC1. The van der Waals surface area contributed by atoms with Crippen molar-refractivity contribution in [2.75, 3.05) is 25.1 Å². The number of hydrogen-bond acceptors (Lipinski definition) is 7. The second-order valence-corrected chi connectivity index (χ2v) is 6.27. The standard InChI is InChI=1S/C15H15ClN4O4/c1-15(7-23-8-15)9-24-10-2-3-11(12(4-10)20(21)22)18-14-6-17-5-13(16)19-14/h2-6H,7-9H2,1H3,(H,18,19). The van der Waals surface area contributed by atoms with E-state index in [1.54, 1.807) is 12.1 Å². The molecule has 0 spiro atoms. The number of benzene rings is 1. The Morgan fingerprint density at radius 1 is 1.46 bits per heavy atom. The molecule has 0 bridgehead atoms. The molecule has 1 aliphatic heterocycles. The summed E-state index contributed by atoms with van der Waals surface area (Å²) in [6.45, 7) is 3.74. The van der Waals surface area contributed by atoms with Gasteiger partial charge in [-0.1, -0.05) is 18.5 Å². The summed E-state index contributed by atoms with van der Waals surface area (Å²) in [5, 5.41) is 14.4. The van der Waals surface area contributed by atoms with E-state index in [-0.39, 0.29) is 21.9 Å². The summed E-state index contributed by atoms with van der Waals surface area (Å²) in [4.78, 5) is 18.7. The lowest BCUT2D eigenvalue weighted by Crippen LogP contribution is -2.44. The van der Waals surface area contributed by atoms with Crippen LogP contribution in [-0.2, 0) is 4.74 Å². The zero-order chi connectivity index (χ0) is 17.2. The maximum atomic E-state index is 11.3. The summed E-state index contributed by atoms with van der Waals surface area (Å²) in [5.74, 6) is 0.746. The Balaban J connectivity index is 1.78. The van der Waals surface area contributed by atoms with Crippen LogP contribution in [0.4, 0.5) is 17.2 Å². The van der Waals surface area contributed by atoms with E-state index in [0.717, 1.165) is 0 Å². The maximum Gasteiger partial charge on any atom is 0.296 e. The van der Waals surface area contributed by atoms with Crippen molar-refractivity contribution in [3.63, 3.8) is 0 Å². The second-order valence-electron chi connectivity index (χ2n) is 5.88. The molecule has 0 unspecified atom stereocenters. The Morgan fingerprint density at radius 3 is 2.88 bits per heavy atom. The first kappa shape index (κ1) is 16.4. The largest absolute Gasteiger partial charge is 0.493 e. The minimum absolute atomic E-state index is 0.0396. The molecule has 0 saturated carbocycles. The number of nitro groups is 1. The van der Waals surface area contributed by atoms with Gasteiger partial charge in [-0.15, -0.1) is 0 Å². The van der Waals surface area contributed by atoms with E-state index in [1.165, 1.54) is 18.5 Å². The van der Waals surface area contributed by atoms with E-state index in [4.69, 9.17) is 21.1 Å². The number of nitrogens with zero attached hydrogens (tertiary/aromatic N) is 3. The van der Waals surface area contributed by atoms with Gasteiger partial charge in [0.2, 0.25) is 0 Å². The van der Waals surface area contributed by atoms with Gasteiger partial charge in [-0.3, -0.25) is 15.1 Å². The maximum absolute atomic E-state index is 11.3. The first-order chi connectivity index (χ1) is 11.5. The van der Waals surface area contributed by atoms with Crippen LogP contribution < -0.4 is 10.1 Å². The highest BCUT2D eigenvalue weighted by Crippen LogP contribution is 2.33. The molecule has 1 aromatic heterocycles. The molecule has 1 N–H and O–H groups in total. The highest BCUT2D eigenvalue weighted by Gasteiger charge is 2.34. The summed E-state index contributed by atoms with van der Waals surface area (Å²) >= 11 is 5.76. The van der Waals surface area contributed by atoms with Crippen LogP contribution in [0.5, 0.6) is 5.75 Å². The van der Waals surface area contributed by atoms with Crippen molar-refractivity contribution in [3.05, 3.63) is 45.9 Å². The number of anilines is 2. The molecule has 24 heavy (non-hydrogen) atoms. The molecule has 1 aromatic carbocycles. The predicted octanol–water partition coefficient (Wildman–Crippen LogP) is 3.20. The van der Waals surface area contributed by atoms with Gasteiger partial charge in [-0.25, -0.2) is 4.98 Å². The third-order valence-corrected chi connectivity index (χ3v) is 3.70. The van der Waals surface area contributed by atoms with Crippen LogP contribution in [0.2, 0.25) is 5.15 Å². The molecule has 0 radical (unpaired) electrons. The zero-order valence-electron chi connectivity index (χ0n) is 12.9. The van der Waals surface area contributed by atoms with E-state index >= 15 is 0 Å². The van der Waals surface area contributed by atoms with E-state index in [9.17, 15) is 10.1 Å². The van der Waals surface area contributed by atoms with Gasteiger partial charge in [0.25, 0.3) is 5.69 Å². The number of nitro benzene ring substituents is 1. The fourth-order valence-corrected chi connectivity index (χ4v) is 2.34. The number of halogens is 1. The van der Waals surface area contributed by atoms with Crippen LogP contribution >= 0.6 is 11.6 Å². The molecule has 0 aliphatic carbocycles. The summed E-state index contributed by atoms with van der Waals surface area (Å²) in [5.41, 5.74) is 0.119. The molecule has 1 fully saturated rings. The molecule has 2 heterocycles. The quantitative estimate of drug-likeness (QED) is 0.630. The first-order valence-electron chi connectivity index (χ1n) is 7.19. The molecule has 0 amide bonds. The Bertz CT molecular complexity index is 767. The lowest BCUT2D eigenvalue weighted by Gasteiger charge is -2.37. The van der Waals surface area contributed by atoms with Crippen molar-refractivity contribution in [2.24, 2.45) is 5.41 Å². The van der Waals surface area contributed by atoms with Crippen molar-refractivity contribution < 1.29 is 14.4 Å². The molecule has 8 nitrogen and oxygen atoms in total. The lowest BCUT2D eigenvalue weighted by molar-refractivity contribution is -0.384. The normalized spacial score (nSPS) is 15.4. The van der Waals surface area contributed by atoms with Gasteiger partial charge < -0.3 is 14.8 Å². The third-order valence-electron chi connectivity index (χ3n) is 3.52. The molecule has 9 heteroatoms. The summed E-state index contributed by atoms with van der Waals surface area (Å²) < 4.78 is 10.8. The number of rotatable bonds is 6. The molecule has 1 aliphatic rings. The fraction of sp³-hybridized carbons (Fsp3) is 0.333. The first-order valence-corrected chi connectivity index (χ1v) is 7.57. The molecule has 126 valence electrons. The average molecular weight is 351 g/mol. The van der Waals surface area contributed by atoms with Gasteiger partial charge in [-0.05, 0) is 12.1 Å². The summed E-state index contributed by atoms with van der Waals surface area (Å²) in [6, 6.07) is 4.61. The highest BCUT2D eigenvalue weighted by atomic mass is 35.5. The van der Waals surface area contributed by atoms with Gasteiger partial charge in [0.15, 0.2) is 5.82 Å². The van der Waals surface area contributed by atoms with Crippen molar-refractivity contribution in [1.29, 1.82) is 0 Å². The number of hydrogen-bond donors (Lipinski definition) is 1. The van der Waals surface area contributed by atoms with E-state index < -0.39 is 4.92 Å². The number of ether oxygens (including phenoxy) is 2. The van der Waals surface area contributed by atoms with Crippen LogP contribution in [0.25, 0.3) is 0 Å². The Labute approximate surface area is 142 Å². The summed E-state index contributed by atoms with van der Waals surface area (Å²) in [6.07, 6.45) is 2.81. The molecule has 2 aromatic rings. The zero-order valence-corrected chi connectivity index (χ0v) is 13.6. The fourth-order valence-electron chi connectivity index (χ4n) is 2.19. The predicted molar refractivity (Wildman–Crippen MR) is 87.8 cm³/mol. The van der Waals surface area contributed by atoms with Crippen LogP contribution in [0.15, 0.2) is 30.6 Å². The number of nitrogens with one attached hydrogen (secondary N) is 1. The monoisotopic (exact) mass is 350 g/mol. The van der Waals surface area contributed by atoms with Crippen molar-refractivity contribution in [3.8, 4) is 5.75 Å². The Hall–Kier alpha value is -2.45. The summed E-state index contributed by atoms with van der Waals surface area (Å²) in [7, 11) is 0. The van der Waals surface area contributed by atoms with E-state index in [2.05, 4.69) is 15.3 Å². The van der Waals surface area contributed by atoms with Gasteiger partial charge in [0.05, 0.1) is 43.2 Å². The Kier molecular flexibility index (Phi) is 4.50. The van der Waals surface area contributed by atoms with Gasteiger partial charge in [0.1, 0.15) is 16.6 Å². The van der Waals surface area contributed by atoms with Crippen LogP contribution in [0.3, 0.4) is 0 Å². The number of aromatic nitrogens is 2. The van der Waals surface area contributed by atoms with Gasteiger partial charge >= 0.3 is 0 Å².